The molecule has 2 aromatic heterocycles. The van der Waals surface area contributed by atoms with Crippen LogP contribution in [0.25, 0.3) is 0 Å². The number of aliphatic carboxylic acids is 1. The van der Waals surface area contributed by atoms with Crippen molar-refractivity contribution in [1.82, 2.24) is 9.97 Å². The number of amides is 1. The molecule has 12 heteroatoms. The molecule has 210 valence electrons. The topological polar surface area (TPSA) is 116 Å². The minimum Gasteiger partial charge on any atom is -0.475 e. The summed E-state index contributed by atoms with van der Waals surface area (Å²) in [6.07, 6.45) is -3.64. The monoisotopic (exact) mass is 571 g/mol. The maximum atomic E-state index is 13.2. The van der Waals surface area contributed by atoms with Gasteiger partial charge in [-0.05, 0) is 42.5 Å². The third-order valence-electron chi connectivity index (χ3n) is 5.29. The normalized spacial score (nSPS) is 11.5. The average molecular weight is 572 g/mol. The molecule has 8 nitrogen and oxygen atoms in total. The first-order chi connectivity index (χ1) is 19.1. The number of hydrogen-bond donors (Lipinski definition) is 4. The number of carboxylic acid groups (broad SMARTS) is 1. The molecule has 0 aliphatic carbocycles. The number of hydrogen-bond acceptors (Lipinski definition) is 7. The van der Waals surface area contributed by atoms with Gasteiger partial charge < -0.3 is 21.1 Å². The summed E-state index contributed by atoms with van der Waals surface area (Å²) in [4.78, 5) is 32.5. The van der Waals surface area contributed by atoms with E-state index in [9.17, 15) is 18.0 Å². The van der Waals surface area contributed by atoms with Gasteiger partial charge in [0.05, 0.1) is 0 Å². The number of carbonyl (C=O) groups excluding carboxylic acids is 1. The number of nitrogens with one attached hydrogen (secondary N) is 3. The molecular formula is C28H28F3N5O3S. The van der Waals surface area contributed by atoms with Crippen LogP contribution in [0.1, 0.15) is 16.1 Å². The number of benzene rings is 2. The molecule has 0 aliphatic heterocycles. The highest BCUT2D eigenvalue weighted by molar-refractivity contribution is 7.09. The van der Waals surface area contributed by atoms with Crippen LogP contribution in [0.3, 0.4) is 0 Å². The summed E-state index contributed by atoms with van der Waals surface area (Å²) in [5.74, 6) is -1.71. The van der Waals surface area contributed by atoms with Crippen LogP contribution in [0.15, 0.2) is 84.2 Å². The minimum atomic E-state index is -5.08. The van der Waals surface area contributed by atoms with Gasteiger partial charge in [-0.2, -0.15) is 18.2 Å². The molecule has 0 bridgehead atoms. The lowest BCUT2D eigenvalue weighted by molar-refractivity contribution is -0.192. The number of aryl methyl sites for hydroxylation is 1. The van der Waals surface area contributed by atoms with E-state index in [0.717, 1.165) is 29.9 Å². The average Bonchev–Trinajstić information content (AvgIpc) is 3.43. The van der Waals surface area contributed by atoms with Gasteiger partial charge in [0.25, 0.3) is 0 Å². The van der Waals surface area contributed by atoms with Crippen molar-refractivity contribution in [2.24, 2.45) is 0 Å². The Hall–Kier alpha value is -4.45. The molecule has 2 aromatic carbocycles. The third-order valence-corrected chi connectivity index (χ3v) is 6.23. The lowest BCUT2D eigenvalue weighted by Gasteiger charge is -2.20. The first kappa shape index (κ1) is 30.1. The predicted molar refractivity (Wildman–Crippen MR) is 150 cm³/mol. The zero-order chi connectivity index (χ0) is 29.0. The van der Waals surface area contributed by atoms with Gasteiger partial charge in [0, 0.05) is 35.3 Å². The molecule has 0 aliphatic rings. The Kier molecular flexibility index (Phi) is 11.0. The molecule has 4 rings (SSSR count). The predicted octanol–water partition coefficient (Wildman–Crippen LogP) is 5.80. The van der Waals surface area contributed by atoms with Gasteiger partial charge in [-0.1, -0.05) is 54.6 Å². The number of anilines is 3. The molecule has 1 amide bonds. The minimum absolute atomic E-state index is 0.117. The molecular weight excluding hydrogens is 543 g/mol. The summed E-state index contributed by atoms with van der Waals surface area (Å²) in [6, 6.07) is 25.0. The SMILES string of the molecule is Cc1cc(N[C@@H](Cc2ccccc2)C(=O)Nc2ccccc2)nc(NCCc2cccs2)n1.O=C(O)C(F)(F)F. The molecule has 0 saturated heterocycles. The largest absolute Gasteiger partial charge is 0.490 e. The second-order valence-corrected chi connectivity index (χ2v) is 9.55. The quantitative estimate of drug-likeness (QED) is 0.190. The molecule has 4 aromatic rings. The fourth-order valence-electron chi connectivity index (χ4n) is 3.46. The van der Waals surface area contributed by atoms with Crippen LogP contribution in [0, 0.1) is 6.92 Å². The maximum absolute atomic E-state index is 13.2. The summed E-state index contributed by atoms with van der Waals surface area (Å²) in [5, 5.41) is 18.8. The summed E-state index contributed by atoms with van der Waals surface area (Å²) in [5.41, 5.74) is 2.66. The fourth-order valence-corrected chi connectivity index (χ4v) is 4.17. The number of halogens is 3. The Labute approximate surface area is 233 Å². The van der Waals surface area contributed by atoms with Crippen LogP contribution in [0.4, 0.5) is 30.6 Å². The van der Waals surface area contributed by atoms with Gasteiger partial charge in [0.2, 0.25) is 11.9 Å². The van der Waals surface area contributed by atoms with E-state index in [1.807, 2.05) is 73.7 Å². The van der Waals surface area contributed by atoms with Gasteiger partial charge >= 0.3 is 12.1 Å². The first-order valence-corrected chi connectivity index (χ1v) is 13.1. The zero-order valence-corrected chi connectivity index (χ0v) is 22.3. The van der Waals surface area contributed by atoms with Crippen LogP contribution >= 0.6 is 11.3 Å². The molecule has 40 heavy (non-hydrogen) atoms. The highest BCUT2D eigenvalue weighted by Crippen LogP contribution is 2.16. The Morgan fingerprint density at radius 3 is 2.23 bits per heavy atom. The Bertz CT molecular complexity index is 1350. The maximum Gasteiger partial charge on any atom is 0.490 e. The third kappa shape index (κ3) is 10.4. The highest BCUT2D eigenvalue weighted by Gasteiger charge is 2.38. The first-order valence-electron chi connectivity index (χ1n) is 12.2. The van der Waals surface area contributed by atoms with Crippen molar-refractivity contribution in [1.29, 1.82) is 0 Å². The molecule has 0 radical (unpaired) electrons. The number of nitrogens with zero attached hydrogens (tertiary/aromatic N) is 2. The number of carbonyl (C=O) groups is 2. The number of carboxylic acids is 1. The van der Waals surface area contributed by atoms with Crippen molar-refractivity contribution in [3.63, 3.8) is 0 Å². The van der Waals surface area contributed by atoms with Crippen LogP contribution in [-0.4, -0.2) is 45.7 Å². The van der Waals surface area contributed by atoms with E-state index in [0.29, 0.717) is 18.2 Å². The Morgan fingerprint density at radius 1 is 0.975 bits per heavy atom. The smallest absolute Gasteiger partial charge is 0.475 e. The van der Waals surface area contributed by atoms with Crippen LogP contribution in [-0.2, 0) is 22.4 Å². The van der Waals surface area contributed by atoms with Gasteiger partial charge in [-0.3, -0.25) is 4.79 Å². The molecule has 0 saturated carbocycles. The zero-order valence-electron chi connectivity index (χ0n) is 21.5. The van der Waals surface area contributed by atoms with Crippen LogP contribution in [0.2, 0.25) is 0 Å². The molecule has 0 unspecified atom stereocenters. The van der Waals surface area contributed by atoms with E-state index in [1.165, 1.54) is 4.88 Å². The summed E-state index contributed by atoms with van der Waals surface area (Å²) in [7, 11) is 0. The number of aromatic nitrogens is 2. The van der Waals surface area contributed by atoms with Crippen molar-refractivity contribution in [3.8, 4) is 0 Å². The highest BCUT2D eigenvalue weighted by atomic mass is 32.1. The second kappa shape index (κ2) is 14.6. The van der Waals surface area contributed by atoms with E-state index in [2.05, 4.69) is 43.4 Å². The van der Waals surface area contributed by atoms with Crippen molar-refractivity contribution in [3.05, 3.63) is 100 Å². The van der Waals surface area contributed by atoms with Crippen molar-refractivity contribution < 1.29 is 27.9 Å². The second-order valence-electron chi connectivity index (χ2n) is 8.52. The lowest BCUT2D eigenvalue weighted by Crippen LogP contribution is -2.37. The van der Waals surface area contributed by atoms with E-state index in [-0.39, 0.29) is 5.91 Å². The fraction of sp³-hybridized carbons (Fsp3) is 0.214. The van der Waals surface area contributed by atoms with Crippen LogP contribution < -0.4 is 16.0 Å². The molecule has 4 N–H and O–H groups in total. The van der Waals surface area contributed by atoms with Crippen molar-refractivity contribution in [2.45, 2.75) is 32.0 Å². The Balaban J connectivity index is 0.000000559. The number of alkyl halides is 3. The molecule has 0 fully saturated rings. The summed E-state index contributed by atoms with van der Waals surface area (Å²) >= 11 is 1.74. The Morgan fingerprint density at radius 2 is 1.62 bits per heavy atom. The van der Waals surface area contributed by atoms with Gasteiger partial charge in [-0.15, -0.1) is 11.3 Å². The molecule has 0 spiro atoms. The van der Waals surface area contributed by atoms with E-state index >= 15 is 0 Å². The van der Waals surface area contributed by atoms with Gasteiger partial charge in [0.15, 0.2) is 0 Å². The number of rotatable bonds is 10. The molecule has 2 heterocycles. The van der Waals surface area contributed by atoms with Gasteiger partial charge in [0.1, 0.15) is 11.9 Å². The van der Waals surface area contributed by atoms with Gasteiger partial charge in [-0.25, -0.2) is 9.78 Å². The standard InChI is InChI=1S/C26H27N5OS.C2HF3O2/c1-19-17-24(31-26(28-19)27-15-14-22-13-8-16-33-22)30-23(18-20-9-4-2-5-10-20)25(32)29-21-11-6-3-7-12-21;3-2(4,5)1(6)7/h2-13,16-17,23H,14-15,18H2,1H3,(H,29,32)(H2,27,28,30,31);(H,6,7)/t23-;/m0./s1. The van der Waals surface area contributed by atoms with Crippen molar-refractivity contribution >= 4 is 40.7 Å². The number of para-hydroxylation sites is 1. The van der Waals surface area contributed by atoms with E-state index in [4.69, 9.17) is 9.90 Å². The summed E-state index contributed by atoms with van der Waals surface area (Å²) < 4.78 is 31.7. The van der Waals surface area contributed by atoms with Crippen molar-refractivity contribution in [2.75, 3.05) is 22.5 Å². The van der Waals surface area contributed by atoms with E-state index in [1.54, 1.807) is 11.3 Å². The summed E-state index contributed by atoms with van der Waals surface area (Å²) in [6.45, 7) is 2.67. The lowest BCUT2D eigenvalue weighted by atomic mass is 10.0. The molecule has 1 atom stereocenters. The van der Waals surface area contributed by atoms with E-state index < -0.39 is 18.2 Å². The van der Waals surface area contributed by atoms with Crippen LogP contribution in [0.5, 0.6) is 0 Å². The number of thiophene rings is 1.